The lowest BCUT2D eigenvalue weighted by Crippen LogP contribution is -2.00. The summed E-state index contributed by atoms with van der Waals surface area (Å²) in [4.78, 5) is 14.2. The van der Waals surface area contributed by atoms with Crippen LogP contribution in [0.1, 0.15) is 0 Å². The summed E-state index contributed by atoms with van der Waals surface area (Å²) < 4.78 is 5.90. The number of aromatic nitrogens is 3. The van der Waals surface area contributed by atoms with Crippen LogP contribution in [0.4, 0.5) is 0 Å². The number of hydrogen-bond donors (Lipinski definition) is 0. The van der Waals surface area contributed by atoms with Crippen LogP contribution in [-0.4, -0.2) is 15.0 Å². The highest BCUT2D eigenvalue weighted by atomic mass is 35.5. The van der Waals surface area contributed by atoms with Crippen LogP contribution in [0.2, 0.25) is 5.02 Å². The van der Waals surface area contributed by atoms with Crippen molar-refractivity contribution >= 4 is 11.6 Å². The van der Waals surface area contributed by atoms with Crippen LogP contribution in [0.15, 0.2) is 109 Å². The highest BCUT2D eigenvalue weighted by Crippen LogP contribution is 2.28. The average Bonchev–Trinajstić information content (AvgIpc) is 2.87. The predicted octanol–water partition coefficient (Wildman–Crippen LogP) is 7.32. The summed E-state index contributed by atoms with van der Waals surface area (Å²) in [6, 6.07) is 34.8. The number of halogens is 1. The van der Waals surface area contributed by atoms with Crippen molar-refractivity contribution in [3.63, 3.8) is 0 Å². The van der Waals surface area contributed by atoms with Gasteiger partial charge in [0.25, 0.3) is 0 Å². The van der Waals surface area contributed by atoms with Gasteiger partial charge in [-0.3, -0.25) is 0 Å². The number of benzene rings is 4. The molecule has 0 bridgehead atoms. The zero-order valence-electron chi connectivity index (χ0n) is 17.0. The average molecular weight is 436 g/mol. The van der Waals surface area contributed by atoms with Crippen molar-refractivity contribution in [2.24, 2.45) is 0 Å². The first kappa shape index (κ1) is 19.9. The standard InChI is InChI=1S/C27H18ClN3O/c28-22-13-17-24(18-14-22)32-23-15-11-21(12-16-23)27-30-25(19-7-3-1-4-8-19)29-26(31-27)20-9-5-2-6-10-20/h1-18H. The van der Waals surface area contributed by atoms with Crippen molar-refractivity contribution in [1.29, 1.82) is 0 Å². The Morgan fingerprint density at radius 1 is 0.438 bits per heavy atom. The van der Waals surface area contributed by atoms with Gasteiger partial charge in [-0.2, -0.15) is 0 Å². The zero-order chi connectivity index (χ0) is 21.8. The molecule has 32 heavy (non-hydrogen) atoms. The number of hydrogen-bond acceptors (Lipinski definition) is 4. The molecule has 4 nitrogen and oxygen atoms in total. The van der Waals surface area contributed by atoms with E-state index in [-0.39, 0.29) is 0 Å². The monoisotopic (exact) mass is 435 g/mol. The van der Waals surface area contributed by atoms with Gasteiger partial charge in [0.2, 0.25) is 0 Å². The van der Waals surface area contributed by atoms with E-state index >= 15 is 0 Å². The summed E-state index contributed by atoms with van der Waals surface area (Å²) in [5.74, 6) is 3.32. The van der Waals surface area contributed by atoms with Crippen LogP contribution in [0.3, 0.4) is 0 Å². The summed E-state index contributed by atoms with van der Waals surface area (Å²) in [5.41, 5.74) is 2.76. The van der Waals surface area contributed by atoms with E-state index in [1.165, 1.54) is 0 Å². The maximum atomic E-state index is 5.94. The van der Waals surface area contributed by atoms with Crippen molar-refractivity contribution in [3.8, 4) is 45.7 Å². The van der Waals surface area contributed by atoms with Gasteiger partial charge < -0.3 is 4.74 Å². The molecule has 5 rings (SSSR count). The molecule has 0 aliphatic rings. The van der Waals surface area contributed by atoms with Crippen molar-refractivity contribution < 1.29 is 4.74 Å². The van der Waals surface area contributed by atoms with E-state index in [1.54, 1.807) is 12.1 Å². The molecule has 5 heteroatoms. The molecule has 5 aromatic rings. The molecule has 0 atom stereocenters. The van der Waals surface area contributed by atoms with E-state index in [2.05, 4.69) is 0 Å². The first-order chi connectivity index (χ1) is 15.7. The van der Waals surface area contributed by atoms with Gasteiger partial charge in [0.15, 0.2) is 17.5 Å². The minimum Gasteiger partial charge on any atom is -0.457 e. The molecule has 154 valence electrons. The lowest BCUT2D eigenvalue weighted by molar-refractivity contribution is 0.483. The largest absolute Gasteiger partial charge is 0.457 e. The molecular formula is C27H18ClN3O. The third-order valence-corrected chi connectivity index (χ3v) is 5.11. The normalized spacial score (nSPS) is 10.7. The summed E-state index contributed by atoms with van der Waals surface area (Å²) >= 11 is 5.94. The van der Waals surface area contributed by atoms with Crippen LogP contribution in [0, 0.1) is 0 Å². The van der Waals surface area contributed by atoms with Crippen LogP contribution < -0.4 is 4.74 Å². The fraction of sp³-hybridized carbons (Fsp3) is 0. The molecule has 0 aliphatic carbocycles. The van der Waals surface area contributed by atoms with Gasteiger partial charge in [0, 0.05) is 21.7 Å². The first-order valence-corrected chi connectivity index (χ1v) is 10.5. The van der Waals surface area contributed by atoms with Crippen molar-refractivity contribution in [2.45, 2.75) is 0 Å². The Kier molecular flexibility index (Phi) is 5.60. The van der Waals surface area contributed by atoms with E-state index in [4.69, 9.17) is 31.3 Å². The van der Waals surface area contributed by atoms with Gasteiger partial charge in [0.1, 0.15) is 11.5 Å². The van der Waals surface area contributed by atoms with Gasteiger partial charge in [-0.15, -0.1) is 0 Å². The summed E-state index contributed by atoms with van der Waals surface area (Å²) in [7, 11) is 0. The van der Waals surface area contributed by atoms with Crippen LogP contribution >= 0.6 is 11.6 Å². The molecule has 0 aliphatic heterocycles. The highest BCUT2D eigenvalue weighted by molar-refractivity contribution is 6.30. The summed E-state index contributed by atoms with van der Waals surface area (Å²) in [6.45, 7) is 0. The van der Waals surface area contributed by atoms with Gasteiger partial charge in [0.05, 0.1) is 0 Å². The fourth-order valence-electron chi connectivity index (χ4n) is 3.25. The Bertz CT molecular complexity index is 1270. The summed E-state index contributed by atoms with van der Waals surface area (Å²) in [5, 5.41) is 0.672. The second kappa shape index (κ2) is 9.00. The molecule has 0 radical (unpaired) electrons. The Hall–Kier alpha value is -4.02. The van der Waals surface area contributed by atoms with Gasteiger partial charge in [-0.25, -0.2) is 15.0 Å². The third-order valence-electron chi connectivity index (χ3n) is 4.86. The molecule has 0 N–H and O–H groups in total. The Morgan fingerprint density at radius 2 is 0.812 bits per heavy atom. The van der Waals surface area contributed by atoms with E-state index in [1.807, 2.05) is 97.1 Å². The molecule has 0 spiro atoms. The molecule has 4 aromatic carbocycles. The lowest BCUT2D eigenvalue weighted by Gasteiger charge is -2.09. The molecule has 0 saturated heterocycles. The predicted molar refractivity (Wildman–Crippen MR) is 128 cm³/mol. The van der Waals surface area contributed by atoms with Crippen molar-refractivity contribution in [1.82, 2.24) is 15.0 Å². The molecule has 0 fully saturated rings. The molecular weight excluding hydrogens is 418 g/mol. The van der Waals surface area contributed by atoms with Crippen LogP contribution in [-0.2, 0) is 0 Å². The van der Waals surface area contributed by atoms with Gasteiger partial charge in [-0.05, 0) is 48.5 Å². The number of rotatable bonds is 5. The molecule has 1 aromatic heterocycles. The maximum absolute atomic E-state index is 5.94. The maximum Gasteiger partial charge on any atom is 0.164 e. The number of nitrogens with zero attached hydrogens (tertiary/aromatic N) is 3. The SMILES string of the molecule is Clc1ccc(Oc2ccc(-c3nc(-c4ccccc4)nc(-c4ccccc4)n3)cc2)cc1. The van der Waals surface area contributed by atoms with E-state index in [0.717, 1.165) is 28.2 Å². The second-order valence-corrected chi connectivity index (χ2v) is 7.56. The smallest absolute Gasteiger partial charge is 0.164 e. The minimum absolute atomic E-state index is 0.607. The fourth-order valence-corrected chi connectivity index (χ4v) is 3.37. The van der Waals surface area contributed by atoms with Crippen LogP contribution in [0.5, 0.6) is 11.5 Å². The second-order valence-electron chi connectivity index (χ2n) is 7.12. The topological polar surface area (TPSA) is 47.9 Å². The van der Waals surface area contributed by atoms with E-state index in [0.29, 0.717) is 22.5 Å². The first-order valence-electron chi connectivity index (χ1n) is 10.2. The Labute approximate surface area is 191 Å². The highest BCUT2D eigenvalue weighted by Gasteiger charge is 2.12. The quantitative estimate of drug-likeness (QED) is 0.290. The summed E-state index contributed by atoms with van der Waals surface area (Å²) in [6.07, 6.45) is 0. The minimum atomic E-state index is 0.607. The molecule has 0 amide bonds. The van der Waals surface area contributed by atoms with Gasteiger partial charge >= 0.3 is 0 Å². The van der Waals surface area contributed by atoms with E-state index in [9.17, 15) is 0 Å². The lowest BCUT2D eigenvalue weighted by atomic mass is 10.1. The van der Waals surface area contributed by atoms with Crippen molar-refractivity contribution in [2.75, 3.05) is 0 Å². The number of ether oxygens (including phenoxy) is 1. The molecule has 0 unspecified atom stereocenters. The Morgan fingerprint density at radius 3 is 1.25 bits per heavy atom. The van der Waals surface area contributed by atoms with E-state index < -0.39 is 0 Å². The third kappa shape index (κ3) is 4.51. The molecule has 0 saturated carbocycles. The van der Waals surface area contributed by atoms with Crippen molar-refractivity contribution in [3.05, 3.63) is 114 Å². The zero-order valence-corrected chi connectivity index (χ0v) is 17.8. The molecule has 1 heterocycles. The Balaban J connectivity index is 1.51. The van der Waals surface area contributed by atoms with Gasteiger partial charge in [-0.1, -0.05) is 72.3 Å². The van der Waals surface area contributed by atoms with Crippen LogP contribution in [0.25, 0.3) is 34.2 Å².